The number of aromatic amines is 1. The molecule has 0 spiro atoms. The van der Waals surface area contributed by atoms with Crippen LogP contribution >= 0.6 is 0 Å². The van der Waals surface area contributed by atoms with Crippen molar-refractivity contribution < 1.29 is 14.1 Å². The highest BCUT2D eigenvalue weighted by molar-refractivity contribution is 5.93. The Kier molecular flexibility index (Phi) is 3.96. The van der Waals surface area contributed by atoms with Gasteiger partial charge in [-0.25, -0.2) is 0 Å². The van der Waals surface area contributed by atoms with Gasteiger partial charge in [-0.1, -0.05) is 5.16 Å². The maximum Gasteiger partial charge on any atom is 0.272 e. The van der Waals surface area contributed by atoms with Gasteiger partial charge in [-0.2, -0.15) is 10.1 Å². The van der Waals surface area contributed by atoms with Crippen molar-refractivity contribution >= 4 is 5.91 Å². The largest absolute Gasteiger partial charge is 0.377 e. The van der Waals surface area contributed by atoms with Crippen molar-refractivity contribution in [3.63, 3.8) is 0 Å². The molecule has 0 aromatic carbocycles. The van der Waals surface area contributed by atoms with Gasteiger partial charge in [0.2, 0.25) is 5.89 Å². The molecule has 8 nitrogen and oxygen atoms in total. The second kappa shape index (κ2) is 6.04. The number of H-pyrrole nitrogens is 1. The number of aromatic nitrogens is 4. The summed E-state index contributed by atoms with van der Waals surface area (Å²) in [5.41, 5.74) is 2.58. The molecular weight excluding hydrogens is 274 g/mol. The third-order valence-corrected chi connectivity index (χ3v) is 3.46. The van der Waals surface area contributed by atoms with Crippen LogP contribution in [0.15, 0.2) is 4.52 Å². The molecule has 112 valence electrons. The predicted octanol–water partition coefficient (Wildman–Crippen LogP) is 0.748. The van der Waals surface area contributed by atoms with Crippen molar-refractivity contribution in [3.05, 3.63) is 28.7 Å². The summed E-state index contributed by atoms with van der Waals surface area (Å²) in [6.45, 7) is 0.460. The minimum atomic E-state index is -0.221. The lowest BCUT2D eigenvalue weighted by Crippen LogP contribution is -2.24. The van der Waals surface area contributed by atoms with Crippen molar-refractivity contribution in [1.82, 2.24) is 25.7 Å². The van der Waals surface area contributed by atoms with Gasteiger partial charge in [0.25, 0.3) is 5.91 Å². The van der Waals surface area contributed by atoms with Gasteiger partial charge < -0.3 is 14.6 Å². The van der Waals surface area contributed by atoms with Gasteiger partial charge in [0, 0.05) is 18.4 Å². The number of fused-ring (bicyclic) bond motifs is 1. The topological polar surface area (TPSA) is 106 Å². The van der Waals surface area contributed by atoms with E-state index < -0.39 is 0 Å². The average Bonchev–Trinajstić information content (AvgIpc) is 3.12. The van der Waals surface area contributed by atoms with E-state index in [1.54, 1.807) is 7.11 Å². The highest BCUT2D eigenvalue weighted by Gasteiger charge is 2.21. The fourth-order valence-electron chi connectivity index (χ4n) is 2.46. The zero-order chi connectivity index (χ0) is 14.7. The third-order valence-electron chi connectivity index (χ3n) is 3.46. The Balaban J connectivity index is 1.62. The Bertz CT molecular complexity index is 634. The van der Waals surface area contributed by atoms with Gasteiger partial charge in [0.05, 0.1) is 6.54 Å². The van der Waals surface area contributed by atoms with Crippen LogP contribution in [0, 0.1) is 0 Å². The lowest BCUT2D eigenvalue weighted by molar-refractivity contribution is 0.0940. The summed E-state index contributed by atoms with van der Waals surface area (Å²) in [6, 6.07) is 0. The Morgan fingerprint density at radius 1 is 1.43 bits per heavy atom. The average molecular weight is 291 g/mol. The van der Waals surface area contributed by atoms with Crippen molar-refractivity contribution in [1.29, 1.82) is 0 Å². The molecule has 1 amide bonds. The van der Waals surface area contributed by atoms with Crippen molar-refractivity contribution in [2.75, 3.05) is 7.11 Å². The first-order chi connectivity index (χ1) is 10.3. The van der Waals surface area contributed by atoms with E-state index in [4.69, 9.17) is 9.26 Å². The first-order valence-electron chi connectivity index (χ1n) is 6.92. The molecule has 0 saturated heterocycles. The van der Waals surface area contributed by atoms with E-state index in [9.17, 15) is 4.79 Å². The first-order valence-corrected chi connectivity index (χ1v) is 6.92. The molecule has 2 aromatic rings. The number of hydrogen-bond donors (Lipinski definition) is 2. The molecule has 0 fully saturated rings. The van der Waals surface area contributed by atoms with Gasteiger partial charge in [0.15, 0.2) is 11.5 Å². The number of rotatable bonds is 5. The van der Waals surface area contributed by atoms with E-state index in [0.717, 1.165) is 36.9 Å². The fraction of sp³-hybridized carbons (Fsp3) is 0.538. The molecule has 0 atom stereocenters. The summed E-state index contributed by atoms with van der Waals surface area (Å²) in [7, 11) is 1.55. The molecule has 8 heteroatoms. The molecule has 2 aromatic heterocycles. The molecule has 1 aliphatic rings. The number of aryl methyl sites for hydroxylation is 1. The summed E-state index contributed by atoms with van der Waals surface area (Å²) < 4.78 is 9.92. The standard InChI is InChI=1S/C13H17N5O3/c1-20-7-10-15-11(21-18-10)6-14-13(19)12-8-4-2-3-5-9(8)16-17-12/h2-7H2,1H3,(H,14,19)(H,16,17). The van der Waals surface area contributed by atoms with Crippen LogP contribution in [-0.4, -0.2) is 33.4 Å². The van der Waals surface area contributed by atoms with Gasteiger partial charge in [-0.3, -0.25) is 9.89 Å². The van der Waals surface area contributed by atoms with Crippen LogP contribution in [0.5, 0.6) is 0 Å². The van der Waals surface area contributed by atoms with Crippen LogP contribution in [0.1, 0.15) is 46.3 Å². The van der Waals surface area contributed by atoms with Gasteiger partial charge >= 0.3 is 0 Å². The second-order valence-corrected chi connectivity index (χ2v) is 4.96. The minimum Gasteiger partial charge on any atom is -0.377 e. The van der Waals surface area contributed by atoms with E-state index in [2.05, 4.69) is 25.7 Å². The summed E-state index contributed by atoms with van der Waals surface area (Å²) in [5.74, 6) is 0.583. The highest BCUT2D eigenvalue weighted by Crippen LogP contribution is 2.21. The zero-order valence-electron chi connectivity index (χ0n) is 11.8. The minimum absolute atomic E-state index is 0.178. The number of methoxy groups -OCH3 is 1. The third kappa shape index (κ3) is 2.94. The fourth-order valence-corrected chi connectivity index (χ4v) is 2.46. The predicted molar refractivity (Wildman–Crippen MR) is 71.4 cm³/mol. The zero-order valence-corrected chi connectivity index (χ0v) is 11.8. The van der Waals surface area contributed by atoms with Crippen molar-refractivity contribution in [3.8, 4) is 0 Å². The number of nitrogens with zero attached hydrogens (tertiary/aromatic N) is 3. The molecule has 2 heterocycles. The van der Waals surface area contributed by atoms with Crippen LogP contribution in [0.4, 0.5) is 0 Å². The first kappa shape index (κ1) is 13.7. The van der Waals surface area contributed by atoms with E-state index in [0.29, 0.717) is 17.4 Å². The summed E-state index contributed by atoms with van der Waals surface area (Å²) in [5, 5.41) is 13.5. The number of carbonyl (C=O) groups excluding carboxylic acids is 1. The van der Waals surface area contributed by atoms with Crippen molar-refractivity contribution in [2.24, 2.45) is 0 Å². The maximum atomic E-state index is 12.2. The lowest BCUT2D eigenvalue weighted by atomic mass is 9.96. The van der Waals surface area contributed by atoms with Gasteiger partial charge in [0.1, 0.15) is 6.61 Å². The monoisotopic (exact) mass is 291 g/mol. The van der Waals surface area contributed by atoms with Crippen LogP contribution in [0.3, 0.4) is 0 Å². The van der Waals surface area contributed by atoms with E-state index in [1.807, 2.05) is 0 Å². The number of carbonyl (C=O) groups is 1. The van der Waals surface area contributed by atoms with Crippen LogP contribution < -0.4 is 5.32 Å². The molecule has 0 bridgehead atoms. The van der Waals surface area contributed by atoms with Crippen LogP contribution in [-0.2, 0) is 30.7 Å². The Hall–Kier alpha value is -2.22. The van der Waals surface area contributed by atoms with E-state index >= 15 is 0 Å². The SMILES string of the molecule is COCc1noc(CNC(=O)c2n[nH]c3c2CCCC3)n1. The normalized spacial score (nSPS) is 14.0. The van der Waals surface area contributed by atoms with Crippen molar-refractivity contribution in [2.45, 2.75) is 38.8 Å². The van der Waals surface area contributed by atoms with E-state index in [1.165, 1.54) is 0 Å². The number of amides is 1. The quantitative estimate of drug-likeness (QED) is 0.842. The number of ether oxygens (including phenoxy) is 1. The molecule has 0 radical (unpaired) electrons. The van der Waals surface area contributed by atoms with E-state index in [-0.39, 0.29) is 19.1 Å². The van der Waals surface area contributed by atoms with Crippen LogP contribution in [0.25, 0.3) is 0 Å². The second-order valence-electron chi connectivity index (χ2n) is 4.96. The molecule has 2 N–H and O–H groups in total. The summed E-state index contributed by atoms with van der Waals surface area (Å²) in [4.78, 5) is 16.3. The molecule has 0 saturated carbocycles. The highest BCUT2D eigenvalue weighted by atomic mass is 16.5. The Morgan fingerprint density at radius 3 is 3.14 bits per heavy atom. The summed E-state index contributed by atoms with van der Waals surface area (Å²) >= 11 is 0. The lowest BCUT2D eigenvalue weighted by Gasteiger charge is -2.10. The number of nitrogens with one attached hydrogen (secondary N) is 2. The molecule has 0 unspecified atom stereocenters. The Labute approximate surface area is 121 Å². The Morgan fingerprint density at radius 2 is 2.29 bits per heavy atom. The van der Waals surface area contributed by atoms with Gasteiger partial charge in [-0.15, -0.1) is 0 Å². The van der Waals surface area contributed by atoms with Gasteiger partial charge in [-0.05, 0) is 25.7 Å². The smallest absolute Gasteiger partial charge is 0.272 e. The molecule has 1 aliphatic carbocycles. The molecule has 0 aliphatic heterocycles. The number of hydrogen-bond acceptors (Lipinski definition) is 6. The van der Waals surface area contributed by atoms with Crippen LogP contribution in [0.2, 0.25) is 0 Å². The molecular formula is C13H17N5O3. The molecule has 21 heavy (non-hydrogen) atoms. The summed E-state index contributed by atoms with van der Waals surface area (Å²) in [6.07, 6.45) is 4.09. The maximum absolute atomic E-state index is 12.2. The molecule has 3 rings (SSSR count).